The number of ether oxygens (including phenoxy) is 3. The molecule has 25 heavy (non-hydrogen) atoms. The minimum absolute atomic E-state index is 0.0426. The van der Waals surface area contributed by atoms with Gasteiger partial charge in [0.25, 0.3) is 0 Å². The van der Waals surface area contributed by atoms with Crippen molar-refractivity contribution in [2.75, 3.05) is 19.9 Å². The summed E-state index contributed by atoms with van der Waals surface area (Å²) in [5, 5.41) is 6.36. The Morgan fingerprint density at radius 2 is 1.96 bits per heavy atom. The molecule has 2 rings (SSSR count). The van der Waals surface area contributed by atoms with Crippen molar-refractivity contribution in [3.8, 4) is 17.2 Å². The molecule has 1 aliphatic heterocycles. The number of nitrogens with one attached hydrogen (secondary N) is 2. The molecule has 0 saturated heterocycles. The Kier molecular flexibility index (Phi) is 7.09. The lowest BCUT2D eigenvalue weighted by Gasteiger charge is -2.14. The highest BCUT2D eigenvalue weighted by Crippen LogP contribution is 2.38. The summed E-state index contributed by atoms with van der Waals surface area (Å²) in [4.78, 5) is 4.45. The Morgan fingerprint density at radius 1 is 1.24 bits per heavy atom. The lowest BCUT2D eigenvalue weighted by molar-refractivity contribution is -0.0505. The smallest absolute Gasteiger partial charge is 0.387 e. The molecule has 6 nitrogen and oxygen atoms in total. The first-order chi connectivity index (χ1) is 12.0. The molecule has 0 aromatic heterocycles. The standard InChI is InChI=1S/C17H25F2N3O3/c1-4-20-17(21-6-5-11(2)3)22-9-12-7-14-15(24-10-23-14)8-13(12)25-16(18)19/h7-8,11,16H,4-6,9-10H2,1-3H3,(H2,20,21,22). The van der Waals surface area contributed by atoms with Crippen molar-refractivity contribution < 1.29 is 23.0 Å². The summed E-state index contributed by atoms with van der Waals surface area (Å²) in [6, 6.07) is 3.04. The number of nitrogens with zero attached hydrogens (tertiary/aromatic N) is 1. The van der Waals surface area contributed by atoms with Crippen molar-refractivity contribution in [3.05, 3.63) is 17.7 Å². The van der Waals surface area contributed by atoms with E-state index in [9.17, 15) is 8.78 Å². The summed E-state index contributed by atoms with van der Waals surface area (Å²) in [7, 11) is 0. The van der Waals surface area contributed by atoms with E-state index >= 15 is 0 Å². The van der Waals surface area contributed by atoms with Crippen LogP contribution in [0.1, 0.15) is 32.8 Å². The summed E-state index contributed by atoms with van der Waals surface area (Å²) < 4.78 is 40.4. The normalized spacial score (nSPS) is 13.5. The van der Waals surface area contributed by atoms with Crippen molar-refractivity contribution in [2.45, 2.75) is 40.3 Å². The van der Waals surface area contributed by atoms with E-state index in [1.807, 2.05) is 6.92 Å². The van der Waals surface area contributed by atoms with Gasteiger partial charge in [0.15, 0.2) is 17.5 Å². The van der Waals surface area contributed by atoms with Crippen LogP contribution >= 0.6 is 0 Å². The van der Waals surface area contributed by atoms with Crippen LogP contribution in [0, 0.1) is 5.92 Å². The van der Waals surface area contributed by atoms with E-state index in [4.69, 9.17) is 9.47 Å². The van der Waals surface area contributed by atoms with Crippen molar-refractivity contribution in [2.24, 2.45) is 10.9 Å². The van der Waals surface area contributed by atoms with Gasteiger partial charge >= 0.3 is 6.61 Å². The molecule has 1 aromatic rings. The molecule has 0 unspecified atom stereocenters. The number of alkyl halides is 2. The molecule has 0 amide bonds. The van der Waals surface area contributed by atoms with Gasteiger partial charge in [0.05, 0.1) is 6.54 Å². The van der Waals surface area contributed by atoms with Gasteiger partial charge in [0, 0.05) is 24.7 Å². The van der Waals surface area contributed by atoms with E-state index in [1.165, 1.54) is 6.07 Å². The molecule has 0 aliphatic carbocycles. The second-order valence-corrected chi connectivity index (χ2v) is 6.00. The first-order valence-corrected chi connectivity index (χ1v) is 8.39. The number of fused-ring (bicyclic) bond motifs is 1. The third kappa shape index (κ3) is 5.95. The fraction of sp³-hybridized carbons (Fsp3) is 0.588. The van der Waals surface area contributed by atoms with E-state index in [2.05, 4.69) is 34.2 Å². The van der Waals surface area contributed by atoms with Gasteiger partial charge in [-0.25, -0.2) is 4.99 Å². The largest absolute Gasteiger partial charge is 0.454 e. The van der Waals surface area contributed by atoms with Crippen LogP contribution in [0.3, 0.4) is 0 Å². The molecule has 0 bridgehead atoms. The molecule has 140 valence electrons. The van der Waals surface area contributed by atoms with E-state index in [0.717, 1.165) is 13.0 Å². The van der Waals surface area contributed by atoms with Gasteiger partial charge in [-0.1, -0.05) is 13.8 Å². The van der Waals surface area contributed by atoms with Gasteiger partial charge in [-0.05, 0) is 25.3 Å². The topological polar surface area (TPSA) is 64.1 Å². The van der Waals surface area contributed by atoms with Gasteiger partial charge in [0.1, 0.15) is 5.75 Å². The first-order valence-electron chi connectivity index (χ1n) is 8.39. The number of halogens is 2. The predicted octanol–water partition coefficient (Wildman–Crippen LogP) is 3.12. The van der Waals surface area contributed by atoms with E-state index in [0.29, 0.717) is 35.5 Å². The molecule has 8 heteroatoms. The van der Waals surface area contributed by atoms with Gasteiger partial charge in [-0.15, -0.1) is 0 Å². The summed E-state index contributed by atoms with van der Waals surface area (Å²) in [5.74, 6) is 2.15. The molecule has 2 N–H and O–H groups in total. The molecule has 1 heterocycles. The summed E-state index contributed by atoms with van der Waals surface area (Å²) >= 11 is 0. The fourth-order valence-corrected chi connectivity index (χ4v) is 2.28. The maximum atomic E-state index is 12.7. The molecule has 1 aliphatic rings. The maximum Gasteiger partial charge on any atom is 0.387 e. The van der Waals surface area contributed by atoms with Crippen LogP contribution < -0.4 is 24.8 Å². The fourth-order valence-electron chi connectivity index (χ4n) is 2.28. The second-order valence-electron chi connectivity index (χ2n) is 6.00. The number of rotatable bonds is 8. The zero-order valence-electron chi connectivity index (χ0n) is 14.8. The second kappa shape index (κ2) is 9.29. The predicted molar refractivity (Wildman–Crippen MR) is 91.5 cm³/mol. The van der Waals surface area contributed by atoms with Crippen LogP contribution in [-0.2, 0) is 6.54 Å². The average molecular weight is 357 g/mol. The van der Waals surface area contributed by atoms with Crippen LogP contribution in [-0.4, -0.2) is 32.5 Å². The van der Waals surface area contributed by atoms with E-state index < -0.39 is 6.61 Å². The highest BCUT2D eigenvalue weighted by atomic mass is 19.3. The summed E-state index contributed by atoms with van der Waals surface area (Å²) in [6.07, 6.45) is 1.01. The molecular weight excluding hydrogens is 332 g/mol. The Balaban J connectivity index is 2.12. The minimum atomic E-state index is -2.92. The average Bonchev–Trinajstić information content (AvgIpc) is 2.98. The van der Waals surface area contributed by atoms with Gasteiger partial charge in [-0.3, -0.25) is 0 Å². The van der Waals surface area contributed by atoms with Crippen LogP contribution in [0.4, 0.5) is 8.78 Å². The Bertz CT molecular complexity index is 595. The van der Waals surface area contributed by atoms with Crippen molar-refractivity contribution in [3.63, 3.8) is 0 Å². The zero-order valence-corrected chi connectivity index (χ0v) is 14.8. The monoisotopic (exact) mass is 357 g/mol. The third-order valence-electron chi connectivity index (χ3n) is 3.54. The minimum Gasteiger partial charge on any atom is -0.454 e. The van der Waals surface area contributed by atoms with Gasteiger partial charge in [0.2, 0.25) is 6.79 Å². The molecule has 0 radical (unpaired) electrons. The van der Waals surface area contributed by atoms with Crippen molar-refractivity contribution >= 4 is 5.96 Å². The zero-order chi connectivity index (χ0) is 18.2. The lowest BCUT2D eigenvalue weighted by Crippen LogP contribution is -2.38. The van der Waals surface area contributed by atoms with Crippen LogP contribution in [0.5, 0.6) is 17.2 Å². The quantitative estimate of drug-likeness (QED) is 0.553. The summed E-state index contributed by atoms with van der Waals surface area (Å²) in [5.41, 5.74) is 0.505. The Morgan fingerprint density at radius 3 is 2.60 bits per heavy atom. The highest BCUT2D eigenvalue weighted by molar-refractivity contribution is 5.79. The molecule has 0 saturated carbocycles. The number of hydrogen-bond donors (Lipinski definition) is 2. The number of benzene rings is 1. The molecule has 1 aromatic carbocycles. The van der Waals surface area contributed by atoms with Crippen molar-refractivity contribution in [1.82, 2.24) is 10.6 Å². The molecule has 0 spiro atoms. The number of guanidine groups is 1. The number of aliphatic imine (C=N–C) groups is 1. The van der Waals surface area contributed by atoms with Crippen molar-refractivity contribution in [1.29, 1.82) is 0 Å². The molecule has 0 fully saturated rings. The Hall–Kier alpha value is -2.25. The highest BCUT2D eigenvalue weighted by Gasteiger charge is 2.20. The first kappa shape index (κ1) is 19.1. The number of hydrogen-bond acceptors (Lipinski definition) is 4. The van der Waals surface area contributed by atoms with Crippen LogP contribution in [0.15, 0.2) is 17.1 Å². The van der Waals surface area contributed by atoms with E-state index in [1.54, 1.807) is 6.07 Å². The molecule has 0 atom stereocenters. The van der Waals surface area contributed by atoms with Gasteiger partial charge in [-0.2, -0.15) is 8.78 Å². The SMILES string of the molecule is CCNC(=NCc1cc2c(cc1OC(F)F)OCO2)NCCC(C)C. The third-order valence-corrected chi connectivity index (χ3v) is 3.54. The van der Waals surface area contributed by atoms with Crippen LogP contribution in [0.2, 0.25) is 0 Å². The summed E-state index contributed by atoms with van der Waals surface area (Å²) in [6.45, 7) is 5.07. The van der Waals surface area contributed by atoms with Gasteiger partial charge < -0.3 is 24.8 Å². The van der Waals surface area contributed by atoms with Crippen LogP contribution in [0.25, 0.3) is 0 Å². The molecular formula is C17H25F2N3O3. The van der Waals surface area contributed by atoms with E-state index in [-0.39, 0.29) is 19.1 Å². The lowest BCUT2D eigenvalue weighted by atomic mass is 10.1. The Labute approximate surface area is 146 Å². The maximum absolute atomic E-state index is 12.7.